The van der Waals surface area contributed by atoms with E-state index in [2.05, 4.69) is 69.0 Å². The molecule has 0 saturated carbocycles. The number of likely N-dealkylation sites (tertiary alicyclic amines) is 3. The van der Waals surface area contributed by atoms with Gasteiger partial charge in [0.1, 0.15) is 0 Å². The van der Waals surface area contributed by atoms with Gasteiger partial charge >= 0.3 is 0 Å². The molecule has 180 valence electrons. The number of hydrogen-bond donors (Lipinski definition) is 0. The van der Waals surface area contributed by atoms with Crippen LogP contribution in [0.5, 0.6) is 0 Å². The Bertz CT molecular complexity index is 577. The number of hydrogen-bond acceptors (Lipinski definition) is 4. The number of nitrogens with zero attached hydrogens (tertiary/aromatic N) is 8. The Labute approximate surface area is 191 Å². The van der Waals surface area contributed by atoms with Gasteiger partial charge in [-0.3, -0.25) is 24.0 Å². The SMILES string of the molecule is CN(C)P(=NN1CCCC1)(N(C)C)N(C)C(N1CCCC1)(N1CCCC1)N1CCCC1. The normalized spacial score (nSPS) is 25.8. The van der Waals surface area contributed by atoms with Crippen molar-refractivity contribution < 1.29 is 0 Å². The van der Waals surface area contributed by atoms with Crippen molar-refractivity contribution in [2.45, 2.75) is 57.3 Å². The van der Waals surface area contributed by atoms with Gasteiger partial charge < -0.3 is 0 Å². The second-order valence-electron chi connectivity index (χ2n) is 10.2. The molecule has 0 bridgehead atoms. The zero-order valence-electron chi connectivity index (χ0n) is 20.8. The van der Waals surface area contributed by atoms with E-state index < -0.39 is 7.51 Å². The third-order valence-corrected chi connectivity index (χ3v) is 11.5. The van der Waals surface area contributed by atoms with E-state index in [1.165, 1.54) is 90.6 Å². The molecule has 0 N–H and O–H groups in total. The second-order valence-corrected chi connectivity index (χ2v) is 13.6. The highest BCUT2D eigenvalue weighted by Crippen LogP contribution is 2.61. The summed E-state index contributed by atoms with van der Waals surface area (Å²) >= 11 is 0. The Morgan fingerprint density at radius 2 is 0.871 bits per heavy atom. The van der Waals surface area contributed by atoms with E-state index >= 15 is 0 Å². The summed E-state index contributed by atoms with van der Waals surface area (Å²) in [6.45, 7) is 9.38. The number of rotatable bonds is 8. The smallest absolute Gasteiger partial charge is 0.197 e. The summed E-state index contributed by atoms with van der Waals surface area (Å²) in [5.41, 5.74) is 0. The van der Waals surface area contributed by atoms with Crippen LogP contribution in [0.1, 0.15) is 51.4 Å². The molecule has 31 heavy (non-hydrogen) atoms. The molecule has 4 rings (SSSR count). The zero-order valence-corrected chi connectivity index (χ0v) is 21.7. The molecule has 4 aliphatic rings. The maximum atomic E-state index is 5.63. The Kier molecular flexibility index (Phi) is 7.82. The molecule has 0 aromatic carbocycles. The van der Waals surface area contributed by atoms with E-state index in [1.54, 1.807) is 0 Å². The van der Waals surface area contributed by atoms with E-state index in [4.69, 9.17) is 4.85 Å². The molecule has 0 aliphatic carbocycles. The molecule has 4 fully saturated rings. The quantitative estimate of drug-likeness (QED) is 0.522. The molecule has 0 unspecified atom stereocenters. The topological polar surface area (TPSA) is 35.0 Å². The van der Waals surface area contributed by atoms with Crippen LogP contribution in [0.3, 0.4) is 0 Å². The van der Waals surface area contributed by atoms with Crippen molar-refractivity contribution in [2.24, 2.45) is 4.85 Å². The van der Waals surface area contributed by atoms with E-state index in [-0.39, 0.29) is 5.91 Å². The monoisotopic (exact) mass is 454 g/mol. The molecule has 8 nitrogen and oxygen atoms in total. The van der Waals surface area contributed by atoms with Gasteiger partial charge in [0.25, 0.3) is 0 Å². The first-order valence-electron chi connectivity index (χ1n) is 12.7. The Morgan fingerprint density at radius 1 is 0.548 bits per heavy atom. The van der Waals surface area contributed by atoms with Crippen molar-refractivity contribution in [3.05, 3.63) is 0 Å². The fourth-order valence-electron chi connectivity index (χ4n) is 6.52. The molecule has 4 heterocycles. The average Bonchev–Trinajstić information content (AvgIpc) is 3.56. The van der Waals surface area contributed by atoms with Crippen LogP contribution in [0.2, 0.25) is 0 Å². The lowest BCUT2D eigenvalue weighted by molar-refractivity contribution is -0.211. The minimum Gasteiger partial charge on any atom is -0.259 e. The predicted molar refractivity (Wildman–Crippen MR) is 130 cm³/mol. The first kappa shape index (κ1) is 24.1. The van der Waals surface area contributed by atoms with E-state index in [1.807, 2.05) is 0 Å². The summed E-state index contributed by atoms with van der Waals surface area (Å²) in [5.74, 6) is -0.172. The molecular formula is C22H47N8P. The summed E-state index contributed by atoms with van der Waals surface area (Å²) in [4.78, 5) is 14.1. The minimum absolute atomic E-state index is 0.172. The minimum atomic E-state index is -2.13. The second kappa shape index (κ2) is 10.1. The van der Waals surface area contributed by atoms with E-state index in [0.29, 0.717) is 0 Å². The first-order valence-corrected chi connectivity index (χ1v) is 14.3. The van der Waals surface area contributed by atoms with Gasteiger partial charge in [0.15, 0.2) is 13.4 Å². The van der Waals surface area contributed by atoms with Crippen LogP contribution in [0, 0.1) is 0 Å². The van der Waals surface area contributed by atoms with Crippen LogP contribution in [-0.2, 0) is 0 Å². The molecule has 0 aromatic heterocycles. The zero-order chi connectivity index (χ0) is 22.1. The van der Waals surface area contributed by atoms with Gasteiger partial charge in [-0.1, -0.05) is 0 Å². The lowest BCUT2D eigenvalue weighted by Gasteiger charge is -2.61. The summed E-state index contributed by atoms with van der Waals surface area (Å²) in [6.07, 6.45) is 10.4. The Morgan fingerprint density at radius 3 is 1.19 bits per heavy atom. The summed E-state index contributed by atoms with van der Waals surface area (Å²) in [7, 11) is 9.30. The first-order chi connectivity index (χ1) is 14.9. The molecule has 9 heteroatoms. The highest BCUT2D eigenvalue weighted by molar-refractivity contribution is 7.59. The van der Waals surface area contributed by atoms with Crippen LogP contribution in [-0.4, -0.2) is 127 Å². The average molecular weight is 455 g/mol. The van der Waals surface area contributed by atoms with Crippen molar-refractivity contribution in [2.75, 3.05) is 87.6 Å². The fourth-order valence-corrected chi connectivity index (χ4v) is 10.0. The molecule has 0 aromatic rings. The van der Waals surface area contributed by atoms with E-state index in [0.717, 1.165) is 13.1 Å². The van der Waals surface area contributed by atoms with Crippen molar-refractivity contribution in [3.63, 3.8) is 0 Å². The molecule has 0 radical (unpaired) electrons. The van der Waals surface area contributed by atoms with Crippen molar-refractivity contribution in [1.82, 2.24) is 33.7 Å². The van der Waals surface area contributed by atoms with Crippen LogP contribution < -0.4 is 0 Å². The predicted octanol–water partition coefficient (Wildman–Crippen LogP) is 2.90. The Hall–Kier alpha value is -0.0500. The van der Waals surface area contributed by atoms with Crippen LogP contribution in [0.15, 0.2) is 4.85 Å². The maximum absolute atomic E-state index is 5.63. The standard InChI is InChI=1S/C22H47N8P/c1-24(2)31(25(3)4,23-30-20-12-13-21-30)26(5)22(27-14-6-7-15-27,28-16-8-9-17-28)29-18-10-11-19-29/h6-21H2,1-5H3. The van der Waals surface area contributed by atoms with Crippen molar-refractivity contribution >= 4 is 7.51 Å². The third-order valence-electron chi connectivity index (χ3n) is 7.83. The molecule has 0 spiro atoms. The van der Waals surface area contributed by atoms with Gasteiger partial charge in [0.2, 0.25) is 0 Å². The third kappa shape index (κ3) is 4.17. The highest BCUT2D eigenvalue weighted by Gasteiger charge is 2.57. The summed E-state index contributed by atoms with van der Waals surface area (Å²) in [6, 6.07) is 0. The van der Waals surface area contributed by atoms with Gasteiger partial charge in [-0.2, -0.15) is 9.86 Å². The lowest BCUT2D eigenvalue weighted by atomic mass is 10.3. The van der Waals surface area contributed by atoms with Gasteiger partial charge in [0, 0.05) is 52.4 Å². The van der Waals surface area contributed by atoms with Crippen LogP contribution in [0.25, 0.3) is 0 Å². The molecular weight excluding hydrogens is 407 g/mol. The van der Waals surface area contributed by atoms with Gasteiger partial charge in [-0.25, -0.2) is 4.67 Å². The van der Waals surface area contributed by atoms with Crippen LogP contribution >= 0.6 is 7.51 Å². The molecule has 4 saturated heterocycles. The fraction of sp³-hybridized carbons (Fsp3) is 1.00. The largest absolute Gasteiger partial charge is 0.259 e. The molecule has 4 aliphatic heterocycles. The van der Waals surface area contributed by atoms with E-state index in [9.17, 15) is 0 Å². The van der Waals surface area contributed by atoms with Gasteiger partial charge in [-0.05, 0) is 86.6 Å². The van der Waals surface area contributed by atoms with Crippen molar-refractivity contribution in [3.8, 4) is 0 Å². The Balaban J connectivity index is 1.88. The van der Waals surface area contributed by atoms with Gasteiger partial charge in [0.05, 0.1) is 0 Å². The van der Waals surface area contributed by atoms with Crippen molar-refractivity contribution in [1.29, 1.82) is 0 Å². The van der Waals surface area contributed by atoms with Gasteiger partial charge in [-0.15, -0.1) is 0 Å². The highest BCUT2D eigenvalue weighted by atomic mass is 31.2. The molecule has 0 amide bonds. The maximum Gasteiger partial charge on any atom is 0.197 e. The lowest BCUT2D eigenvalue weighted by Crippen LogP contribution is -2.75. The molecule has 0 atom stereocenters. The summed E-state index contributed by atoms with van der Waals surface area (Å²) in [5, 5.41) is 2.38. The summed E-state index contributed by atoms with van der Waals surface area (Å²) < 4.78 is 7.64. The van der Waals surface area contributed by atoms with Crippen LogP contribution in [0.4, 0.5) is 0 Å².